The summed E-state index contributed by atoms with van der Waals surface area (Å²) >= 11 is 1.30. The molecule has 0 saturated heterocycles. The van der Waals surface area contributed by atoms with Gasteiger partial charge in [0.1, 0.15) is 30.5 Å². The number of fused-ring (bicyclic) bond motifs is 1. The van der Waals surface area contributed by atoms with Crippen molar-refractivity contribution in [2.24, 2.45) is 0 Å². The van der Waals surface area contributed by atoms with Crippen molar-refractivity contribution in [3.05, 3.63) is 36.7 Å². The quantitative estimate of drug-likeness (QED) is 0.677. The van der Waals surface area contributed by atoms with Crippen LogP contribution in [0, 0.1) is 5.82 Å². The fourth-order valence-corrected chi connectivity index (χ4v) is 3.21. The first-order valence-electron chi connectivity index (χ1n) is 7.37. The highest BCUT2D eigenvalue weighted by atomic mass is 32.1. The second-order valence-electron chi connectivity index (χ2n) is 5.52. The second kappa shape index (κ2) is 7.02. The van der Waals surface area contributed by atoms with Gasteiger partial charge in [-0.05, 0) is 26.2 Å². The Hall–Kier alpha value is -2.39. The Morgan fingerprint density at radius 3 is 2.83 bits per heavy atom. The first-order valence-corrected chi connectivity index (χ1v) is 8.19. The third-order valence-corrected chi connectivity index (χ3v) is 4.47. The molecule has 0 N–H and O–H groups in total. The van der Waals surface area contributed by atoms with Gasteiger partial charge in [-0.3, -0.25) is 9.69 Å². The fourth-order valence-electron chi connectivity index (χ4n) is 2.18. The minimum atomic E-state index is -0.383. The smallest absolute Gasteiger partial charge is 0.250 e. The van der Waals surface area contributed by atoms with Crippen LogP contribution < -0.4 is 4.90 Å². The summed E-state index contributed by atoms with van der Waals surface area (Å²) in [6.07, 6.45) is 2.87. The van der Waals surface area contributed by atoms with Crippen LogP contribution in [-0.4, -0.2) is 57.7 Å². The van der Waals surface area contributed by atoms with Gasteiger partial charge in [0.05, 0.1) is 4.70 Å². The number of rotatable bonds is 6. The van der Waals surface area contributed by atoms with Gasteiger partial charge >= 0.3 is 0 Å². The van der Waals surface area contributed by atoms with E-state index in [2.05, 4.69) is 15.1 Å². The molecule has 0 saturated carbocycles. The highest BCUT2D eigenvalue weighted by Crippen LogP contribution is 2.30. The number of thiazole rings is 1. The minimum Gasteiger partial charge on any atom is -0.308 e. The highest BCUT2D eigenvalue weighted by Gasteiger charge is 2.21. The first kappa shape index (κ1) is 16.5. The van der Waals surface area contributed by atoms with Crippen LogP contribution in [0.1, 0.15) is 0 Å². The number of aromatic nitrogens is 4. The van der Waals surface area contributed by atoms with Gasteiger partial charge in [0.15, 0.2) is 5.13 Å². The van der Waals surface area contributed by atoms with E-state index in [0.717, 1.165) is 0 Å². The summed E-state index contributed by atoms with van der Waals surface area (Å²) in [5, 5.41) is 4.44. The third-order valence-electron chi connectivity index (χ3n) is 3.43. The number of anilines is 1. The molecule has 0 atom stereocenters. The Morgan fingerprint density at radius 2 is 2.17 bits per heavy atom. The second-order valence-corrected chi connectivity index (χ2v) is 6.53. The third kappa shape index (κ3) is 3.57. The molecule has 7 nitrogen and oxygen atoms in total. The molecule has 0 aliphatic heterocycles. The van der Waals surface area contributed by atoms with Gasteiger partial charge in [-0.15, -0.1) is 0 Å². The standard InChI is InChI=1S/C15H17FN6OS/c1-20(2)6-7-22(13(23)8-21-10-17-9-18-21)15-19-14-11(16)4-3-5-12(14)24-15/h3-5,9-10H,6-8H2,1-2H3. The van der Waals surface area contributed by atoms with Crippen molar-refractivity contribution in [2.75, 3.05) is 32.1 Å². The van der Waals surface area contributed by atoms with Crippen molar-refractivity contribution in [2.45, 2.75) is 6.54 Å². The summed E-state index contributed by atoms with van der Waals surface area (Å²) in [5.74, 6) is -0.548. The molecule has 0 unspecified atom stereocenters. The normalized spacial score (nSPS) is 11.3. The van der Waals surface area contributed by atoms with Crippen molar-refractivity contribution in [3.8, 4) is 0 Å². The van der Waals surface area contributed by atoms with Gasteiger partial charge < -0.3 is 4.90 Å². The maximum atomic E-state index is 13.9. The number of benzene rings is 1. The predicted molar refractivity (Wildman–Crippen MR) is 90.5 cm³/mol. The number of hydrogen-bond donors (Lipinski definition) is 0. The van der Waals surface area contributed by atoms with Crippen molar-refractivity contribution in [1.82, 2.24) is 24.6 Å². The molecule has 0 fully saturated rings. The van der Waals surface area contributed by atoms with Crippen molar-refractivity contribution in [1.29, 1.82) is 0 Å². The number of halogens is 1. The molecular weight excluding hydrogens is 331 g/mol. The Labute approximate surface area is 142 Å². The van der Waals surface area contributed by atoms with E-state index >= 15 is 0 Å². The van der Waals surface area contributed by atoms with Crippen LogP contribution >= 0.6 is 11.3 Å². The van der Waals surface area contributed by atoms with E-state index in [1.165, 1.54) is 34.7 Å². The summed E-state index contributed by atoms with van der Waals surface area (Å²) < 4.78 is 16.1. The molecular formula is C15H17FN6OS. The van der Waals surface area contributed by atoms with E-state index in [0.29, 0.717) is 28.4 Å². The lowest BCUT2D eigenvalue weighted by Crippen LogP contribution is -2.38. The zero-order chi connectivity index (χ0) is 17.1. The highest BCUT2D eigenvalue weighted by molar-refractivity contribution is 7.22. The number of likely N-dealkylation sites (N-methyl/N-ethyl adjacent to an activating group) is 1. The average molecular weight is 348 g/mol. The van der Waals surface area contributed by atoms with Crippen LogP contribution in [0.5, 0.6) is 0 Å². The Balaban J connectivity index is 1.90. The van der Waals surface area contributed by atoms with Gasteiger partial charge in [-0.1, -0.05) is 17.4 Å². The summed E-state index contributed by atoms with van der Waals surface area (Å²) in [5.41, 5.74) is 0.293. The van der Waals surface area contributed by atoms with Gasteiger partial charge in [-0.2, -0.15) is 5.10 Å². The molecule has 9 heteroatoms. The SMILES string of the molecule is CN(C)CCN(C(=O)Cn1cncn1)c1nc2c(F)cccc2s1. The Bertz CT molecular complexity index is 832. The van der Waals surface area contributed by atoms with Gasteiger partial charge in [0.2, 0.25) is 0 Å². The van der Waals surface area contributed by atoms with Crippen molar-refractivity contribution >= 4 is 32.6 Å². The lowest BCUT2D eigenvalue weighted by Gasteiger charge is -2.21. The van der Waals surface area contributed by atoms with Crippen molar-refractivity contribution in [3.63, 3.8) is 0 Å². The van der Waals surface area contributed by atoms with E-state index in [1.807, 2.05) is 19.0 Å². The largest absolute Gasteiger partial charge is 0.308 e. The van der Waals surface area contributed by atoms with Crippen LogP contribution in [0.2, 0.25) is 0 Å². The maximum Gasteiger partial charge on any atom is 0.250 e. The lowest BCUT2D eigenvalue weighted by atomic mass is 10.3. The van der Waals surface area contributed by atoms with Crippen LogP contribution in [0.4, 0.5) is 9.52 Å². The molecule has 3 rings (SSSR count). The number of hydrogen-bond acceptors (Lipinski definition) is 6. The number of amides is 1. The fraction of sp³-hybridized carbons (Fsp3) is 0.333. The molecule has 1 amide bonds. The van der Waals surface area contributed by atoms with Gasteiger partial charge in [0.25, 0.3) is 5.91 Å². The molecule has 0 aliphatic carbocycles. The number of para-hydroxylation sites is 1. The van der Waals surface area contributed by atoms with Gasteiger partial charge in [-0.25, -0.2) is 19.0 Å². The molecule has 24 heavy (non-hydrogen) atoms. The van der Waals surface area contributed by atoms with E-state index in [4.69, 9.17) is 0 Å². The molecule has 0 spiro atoms. The summed E-state index contributed by atoms with van der Waals surface area (Å²) in [4.78, 5) is 24.4. The van der Waals surface area contributed by atoms with Gasteiger partial charge in [0, 0.05) is 13.1 Å². The summed E-state index contributed by atoms with van der Waals surface area (Å²) in [6.45, 7) is 1.19. The van der Waals surface area contributed by atoms with E-state index in [1.54, 1.807) is 17.0 Å². The monoisotopic (exact) mass is 348 g/mol. The molecule has 1 aromatic carbocycles. The Kier molecular flexibility index (Phi) is 4.81. The molecule has 2 heterocycles. The number of carbonyl (C=O) groups excluding carboxylic acids is 1. The van der Waals surface area contributed by atoms with Crippen LogP contribution in [0.15, 0.2) is 30.9 Å². The van der Waals surface area contributed by atoms with Crippen LogP contribution in [-0.2, 0) is 11.3 Å². The van der Waals surface area contributed by atoms with E-state index in [-0.39, 0.29) is 18.3 Å². The topological polar surface area (TPSA) is 67.2 Å². The summed E-state index contributed by atoms with van der Waals surface area (Å²) in [7, 11) is 3.86. The first-order chi connectivity index (χ1) is 11.5. The zero-order valence-corrected chi connectivity index (χ0v) is 14.2. The Morgan fingerprint density at radius 1 is 1.33 bits per heavy atom. The van der Waals surface area contributed by atoms with Crippen molar-refractivity contribution < 1.29 is 9.18 Å². The molecule has 2 aromatic heterocycles. The molecule has 3 aromatic rings. The van der Waals surface area contributed by atoms with Crippen LogP contribution in [0.25, 0.3) is 10.2 Å². The van der Waals surface area contributed by atoms with E-state index in [9.17, 15) is 9.18 Å². The average Bonchev–Trinajstić information content (AvgIpc) is 3.17. The van der Waals surface area contributed by atoms with E-state index < -0.39 is 0 Å². The number of nitrogens with zero attached hydrogens (tertiary/aromatic N) is 6. The zero-order valence-electron chi connectivity index (χ0n) is 13.4. The number of carbonyl (C=O) groups is 1. The summed E-state index contributed by atoms with van der Waals surface area (Å²) in [6, 6.07) is 4.81. The molecule has 0 radical (unpaired) electrons. The maximum absolute atomic E-state index is 13.9. The molecule has 0 bridgehead atoms. The molecule has 126 valence electrons. The molecule has 0 aliphatic rings. The van der Waals surface area contributed by atoms with Crippen LogP contribution in [0.3, 0.4) is 0 Å². The predicted octanol–water partition coefficient (Wildman–Crippen LogP) is 1.62. The lowest BCUT2D eigenvalue weighted by molar-refractivity contribution is -0.119. The minimum absolute atomic E-state index is 0.0613.